The van der Waals surface area contributed by atoms with Crippen LogP contribution in [0.15, 0.2) is 461 Å². The first-order valence-electron chi connectivity index (χ1n) is 44.2. The van der Waals surface area contributed by atoms with Crippen LogP contribution in [-0.2, 0) is 0 Å². The van der Waals surface area contributed by atoms with Crippen molar-refractivity contribution in [2.75, 3.05) is 9.80 Å². The van der Waals surface area contributed by atoms with Crippen LogP contribution in [0.25, 0.3) is 193 Å². The van der Waals surface area contributed by atoms with Crippen LogP contribution in [0, 0.1) is 0 Å². The van der Waals surface area contributed by atoms with Gasteiger partial charge in [-0.1, -0.05) is 328 Å². The summed E-state index contributed by atoms with van der Waals surface area (Å²) >= 11 is 0. The zero-order valence-corrected chi connectivity index (χ0v) is 69.6. The van der Waals surface area contributed by atoms with E-state index in [1.807, 2.05) is 0 Å². The molecule has 8 heteroatoms. The maximum absolute atomic E-state index is 2.73. The second-order valence-corrected chi connectivity index (χ2v) is 34.2. The van der Waals surface area contributed by atoms with Crippen molar-refractivity contribution in [2.24, 2.45) is 0 Å². The van der Waals surface area contributed by atoms with Crippen molar-refractivity contribution in [2.45, 2.75) is 0 Å². The third-order valence-corrected chi connectivity index (χ3v) is 27.4. The van der Waals surface area contributed by atoms with E-state index in [-0.39, 0.29) is 0 Å². The summed E-state index contributed by atoms with van der Waals surface area (Å²) in [5.74, 6) is 0. The third kappa shape index (κ3) is 10.7. The highest BCUT2D eigenvalue weighted by atomic mass is 15.2. The van der Waals surface area contributed by atoms with Crippen molar-refractivity contribution >= 4 is 166 Å². The first-order valence-corrected chi connectivity index (χ1v) is 44.2. The van der Waals surface area contributed by atoms with Gasteiger partial charge < -0.3 is 32.6 Å². The van der Waals surface area contributed by atoms with Crippen molar-refractivity contribution in [3.63, 3.8) is 0 Å². The zero-order valence-electron chi connectivity index (χ0n) is 69.6. The van der Waals surface area contributed by atoms with Gasteiger partial charge in [0, 0.05) is 105 Å². The van der Waals surface area contributed by atoms with Crippen LogP contribution in [0.5, 0.6) is 0 Å². The Morgan fingerprint density at radius 3 is 0.742 bits per heavy atom. The minimum Gasteiger partial charge on any atom is -0.311 e. The van der Waals surface area contributed by atoms with Crippen LogP contribution in [0.4, 0.5) is 34.1 Å². The Bertz CT molecular complexity index is 8280. The minimum absolute atomic E-state index is 0.425. The highest BCUT2D eigenvalue weighted by Crippen LogP contribution is 2.56. The summed E-state index contributed by atoms with van der Waals surface area (Å²) in [5, 5.41) is 11.7. The van der Waals surface area contributed by atoms with Crippen LogP contribution in [-0.4, -0.2) is 29.5 Å². The quantitative estimate of drug-likeness (QED) is 0.114. The van der Waals surface area contributed by atoms with Gasteiger partial charge in [0.1, 0.15) is 0 Å². The predicted molar refractivity (Wildman–Crippen MR) is 539 cm³/mol. The lowest BCUT2D eigenvalue weighted by Gasteiger charge is -2.45. The van der Waals surface area contributed by atoms with E-state index in [9.17, 15) is 0 Å². The summed E-state index contributed by atoms with van der Waals surface area (Å²) in [7, 11) is 0. The van der Waals surface area contributed by atoms with E-state index in [1.165, 1.54) is 59.5 Å². The lowest BCUT2D eigenvalue weighted by atomic mass is 9.33. The first-order chi connectivity index (χ1) is 63.6. The molecular weight excluding hydrogens is 1550 g/mol. The molecule has 0 amide bonds. The Hall–Kier alpha value is -16.9. The van der Waals surface area contributed by atoms with Crippen molar-refractivity contribution in [1.29, 1.82) is 0 Å². The smallest absolute Gasteiger partial charge is 0.252 e. The molecule has 594 valence electrons. The number of rotatable bonds is 12. The highest BCUT2D eigenvalue weighted by molar-refractivity contribution is 7.00. The molecule has 0 N–H and O–H groups in total. The van der Waals surface area contributed by atoms with Crippen LogP contribution < -0.4 is 26.2 Å². The maximum Gasteiger partial charge on any atom is 0.252 e. The molecule has 0 spiro atoms. The fourth-order valence-electron chi connectivity index (χ4n) is 22.0. The zero-order chi connectivity index (χ0) is 83.8. The van der Waals surface area contributed by atoms with Crippen LogP contribution in [0.1, 0.15) is 0 Å². The molecule has 20 aromatic carbocycles. The number of hydrogen-bond donors (Lipinski definition) is 0. The van der Waals surface area contributed by atoms with Gasteiger partial charge >= 0.3 is 0 Å². The molecule has 5 aromatic heterocycles. The largest absolute Gasteiger partial charge is 0.311 e. The second-order valence-electron chi connectivity index (χ2n) is 34.2. The molecule has 0 unspecified atom stereocenters. The molecule has 0 fully saturated rings. The molecule has 0 bridgehead atoms. The Labute approximate surface area is 738 Å². The fourth-order valence-corrected chi connectivity index (χ4v) is 22.0. The van der Waals surface area contributed by atoms with E-state index in [1.54, 1.807) is 0 Å². The van der Waals surface area contributed by atoms with Crippen LogP contribution in [0.2, 0.25) is 0 Å². The number of anilines is 6. The number of nitrogens with zero attached hydrogens (tertiary/aromatic N) is 7. The van der Waals surface area contributed by atoms with E-state index in [0.29, 0.717) is 0 Å². The molecule has 0 radical (unpaired) electrons. The lowest BCUT2D eigenvalue weighted by Crippen LogP contribution is -2.61. The summed E-state index contributed by atoms with van der Waals surface area (Å²) in [4.78, 5) is 5.45. The summed E-state index contributed by atoms with van der Waals surface area (Å²) in [5.41, 5.74) is 37.2. The standard InChI is InChI=1S/C120H76BN7/c1-7-35-77(36-8-1)81-63-65-87(79-39-11-3-12-40-79)109(67-81)127-113-73-97-95-53-25-29-57-103(95)122(84-43-15-5-16-44-84)111(97)75-99(113)121-100-76-112-98(96-54-26-30-58-104(96)123(112)85-45-17-6-18-46-85)74-114(100)128(110-68-82(78-37-9-2-10-38-78)64-66-88(110)80-41-13-4-14-42-80)118-70-83(69-117(127)120(118)121)119-115(125-105-59-31-21-49-91(105)92-50-22-32-60-106(92)125)71-86(124-101-55-27-19-47-89(101)90-48-20-28-56-102(90)124)72-116(119)126-107-61-33-23-51-93(107)94-52-24-34-62-108(94)126/h1-76H. The SMILES string of the molecule is c1ccc(-c2ccc(-c3ccccc3)c(N3c4cc5c6ccccc6n(-c6ccccc6)c5cc4B4c5cc6c(cc5N(c5cc(-c7ccccc7)ccc5-c5ccccc5)c5cc(-c7c(-n8c9ccccc9c9ccccc98)cc(-n8c9ccccc9c9ccccc98)cc7-n7c8ccccc8c8ccccc87)cc3c54)c3ccccc3n6-c3ccccc3)c2)cc1. The normalized spacial score (nSPS) is 12.5. The summed E-state index contributed by atoms with van der Waals surface area (Å²) < 4.78 is 12.8. The molecule has 7 heterocycles. The predicted octanol–water partition coefficient (Wildman–Crippen LogP) is 29.6. The van der Waals surface area contributed by atoms with Gasteiger partial charge in [-0.05, 0) is 189 Å². The number of para-hydroxylation sites is 10. The van der Waals surface area contributed by atoms with Gasteiger partial charge in [0.05, 0.1) is 83.6 Å². The molecule has 2 aliphatic heterocycles. The van der Waals surface area contributed by atoms with Crippen molar-refractivity contribution in [3.05, 3.63) is 461 Å². The van der Waals surface area contributed by atoms with E-state index in [0.717, 1.165) is 184 Å². The Kier molecular flexibility index (Phi) is 15.8. The summed E-state index contributed by atoms with van der Waals surface area (Å²) in [6.45, 7) is -0.425. The van der Waals surface area contributed by atoms with Gasteiger partial charge in [0.15, 0.2) is 0 Å². The van der Waals surface area contributed by atoms with Gasteiger partial charge in [-0.25, -0.2) is 0 Å². The molecule has 27 rings (SSSR count). The minimum atomic E-state index is -0.425. The van der Waals surface area contributed by atoms with E-state index in [2.05, 4.69) is 494 Å². The number of fused-ring (bicyclic) bond motifs is 19. The Morgan fingerprint density at radius 2 is 0.414 bits per heavy atom. The number of aromatic nitrogens is 5. The van der Waals surface area contributed by atoms with E-state index >= 15 is 0 Å². The second kappa shape index (κ2) is 28.3. The Balaban J connectivity index is 0.894. The highest BCUT2D eigenvalue weighted by Gasteiger charge is 2.47. The average Bonchev–Trinajstić information content (AvgIpc) is 1.15. The molecule has 128 heavy (non-hydrogen) atoms. The van der Waals surface area contributed by atoms with Crippen molar-refractivity contribution < 1.29 is 0 Å². The maximum atomic E-state index is 2.73. The number of hydrogen-bond acceptors (Lipinski definition) is 2. The summed E-state index contributed by atoms with van der Waals surface area (Å²) in [6.07, 6.45) is 0. The topological polar surface area (TPSA) is 31.1 Å². The van der Waals surface area contributed by atoms with Crippen LogP contribution in [0.3, 0.4) is 0 Å². The van der Waals surface area contributed by atoms with Gasteiger partial charge in [-0.3, -0.25) is 0 Å². The molecule has 0 saturated carbocycles. The van der Waals surface area contributed by atoms with Gasteiger partial charge in [-0.2, -0.15) is 0 Å². The van der Waals surface area contributed by atoms with Gasteiger partial charge in [0.2, 0.25) is 0 Å². The monoisotopic (exact) mass is 1630 g/mol. The fraction of sp³-hybridized carbons (Fsp3) is 0. The van der Waals surface area contributed by atoms with Gasteiger partial charge in [0.25, 0.3) is 6.71 Å². The molecular formula is C120H76BN7. The molecule has 0 aliphatic carbocycles. The molecule has 0 atom stereocenters. The van der Waals surface area contributed by atoms with Crippen LogP contribution >= 0.6 is 0 Å². The Morgan fingerprint density at radius 1 is 0.148 bits per heavy atom. The molecule has 7 nitrogen and oxygen atoms in total. The molecule has 2 aliphatic rings. The average molecular weight is 1630 g/mol. The first kappa shape index (κ1) is 71.6. The van der Waals surface area contributed by atoms with E-state index < -0.39 is 6.71 Å². The van der Waals surface area contributed by atoms with Gasteiger partial charge in [-0.15, -0.1) is 0 Å². The van der Waals surface area contributed by atoms with Crippen molar-refractivity contribution in [3.8, 4) is 84.1 Å². The summed E-state index contributed by atoms with van der Waals surface area (Å²) in [6, 6.07) is 174. The third-order valence-electron chi connectivity index (χ3n) is 27.4. The molecule has 25 aromatic rings. The van der Waals surface area contributed by atoms with E-state index in [4.69, 9.17) is 0 Å². The number of benzene rings is 20. The van der Waals surface area contributed by atoms with Crippen molar-refractivity contribution in [1.82, 2.24) is 22.8 Å². The molecule has 0 saturated heterocycles. The lowest BCUT2D eigenvalue weighted by molar-refractivity contribution is 1.10.